The number of rotatable bonds is 8. The molecule has 5 nitrogen and oxygen atoms in total. The lowest BCUT2D eigenvalue weighted by Gasteiger charge is -2.10. The number of nitro groups is 1. The summed E-state index contributed by atoms with van der Waals surface area (Å²) in [6.07, 6.45) is 4.74. The average Bonchev–Trinajstić information content (AvgIpc) is 2.98. The fraction of sp³-hybridized carbons (Fsp3) is 0.292. The van der Waals surface area contributed by atoms with Crippen LogP contribution in [0.15, 0.2) is 46.9 Å². The van der Waals surface area contributed by atoms with E-state index >= 15 is 0 Å². The number of allylic oxidation sites excluding steroid dienone is 3. The molecule has 0 spiro atoms. The van der Waals surface area contributed by atoms with Crippen LogP contribution >= 0.6 is 11.8 Å². The monoisotopic (exact) mass is 441 g/mol. The third-order valence-corrected chi connectivity index (χ3v) is 6.01. The zero-order valence-corrected chi connectivity index (χ0v) is 18.6. The van der Waals surface area contributed by atoms with E-state index in [0.29, 0.717) is 0 Å². The van der Waals surface area contributed by atoms with Crippen molar-refractivity contribution in [2.24, 2.45) is 0 Å². The number of carbonyl (C=O) groups is 1. The summed E-state index contributed by atoms with van der Waals surface area (Å²) >= 11 is 1.67. The number of thioether (sulfide) groups is 1. The van der Waals surface area contributed by atoms with Crippen LogP contribution in [0.3, 0.4) is 0 Å². The molecule has 1 aliphatic rings. The van der Waals surface area contributed by atoms with Crippen LogP contribution in [-0.2, 0) is 4.79 Å². The summed E-state index contributed by atoms with van der Waals surface area (Å²) in [5, 5.41) is 10.4. The molecule has 2 aromatic rings. The molecule has 0 bridgehead atoms. The smallest absolute Gasteiger partial charge is 0.311 e. The largest absolute Gasteiger partial charge is 0.423 e. The topological polar surface area (TPSA) is 69.4 Å². The first-order valence-corrected chi connectivity index (χ1v) is 11.3. The number of benzene rings is 2. The Morgan fingerprint density at radius 3 is 2.55 bits per heavy atom. The fourth-order valence-electron chi connectivity index (χ4n) is 3.71. The number of fused-ring (bicyclic) bond motifs is 1. The minimum absolute atomic E-state index is 0.0518. The van der Waals surface area contributed by atoms with E-state index in [9.17, 15) is 19.3 Å². The van der Waals surface area contributed by atoms with E-state index < -0.39 is 16.7 Å². The van der Waals surface area contributed by atoms with Gasteiger partial charge in [-0.15, -0.1) is 11.8 Å². The number of carbonyl (C=O) groups excluding carboxylic acids is 1. The molecule has 0 unspecified atom stereocenters. The van der Waals surface area contributed by atoms with Crippen LogP contribution in [-0.4, -0.2) is 23.7 Å². The Hall–Kier alpha value is -2.93. The number of nitrogens with zero attached hydrogens (tertiary/aromatic N) is 1. The predicted octanol–water partition coefficient (Wildman–Crippen LogP) is 6.25. The molecule has 0 radical (unpaired) electrons. The van der Waals surface area contributed by atoms with Gasteiger partial charge in [-0.1, -0.05) is 19.1 Å². The molecule has 0 fully saturated rings. The molecule has 31 heavy (non-hydrogen) atoms. The average molecular weight is 442 g/mol. The molecule has 1 aliphatic carbocycles. The molecule has 0 heterocycles. The van der Waals surface area contributed by atoms with Gasteiger partial charge < -0.3 is 4.74 Å². The van der Waals surface area contributed by atoms with Gasteiger partial charge in [0.05, 0.1) is 6.42 Å². The molecule has 0 aromatic heterocycles. The minimum atomic E-state index is -0.683. The van der Waals surface area contributed by atoms with E-state index in [0.717, 1.165) is 39.8 Å². The predicted molar refractivity (Wildman–Crippen MR) is 122 cm³/mol. The Morgan fingerprint density at radius 2 is 1.94 bits per heavy atom. The summed E-state index contributed by atoms with van der Waals surface area (Å²) in [6, 6.07) is 11.1. The van der Waals surface area contributed by atoms with Crippen molar-refractivity contribution in [1.29, 1.82) is 0 Å². The number of hydrogen-bond acceptors (Lipinski definition) is 5. The van der Waals surface area contributed by atoms with E-state index in [1.54, 1.807) is 17.8 Å². The van der Waals surface area contributed by atoms with Gasteiger partial charge in [-0.25, -0.2) is 4.39 Å². The molecule has 0 saturated carbocycles. The van der Waals surface area contributed by atoms with E-state index in [1.807, 2.05) is 32.2 Å². The van der Waals surface area contributed by atoms with Crippen LogP contribution < -0.4 is 4.74 Å². The third kappa shape index (κ3) is 5.22. The summed E-state index contributed by atoms with van der Waals surface area (Å²) in [7, 11) is 0. The first-order valence-electron chi connectivity index (χ1n) is 10.1. The highest BCUT2D eigenvalue weighted by Crippen LogP contribution is 2.45. The van der Waals surface area contributed by atoms with Gasteiger partial charge in [0.2, 0.25) is 6.54 Å². The second-order valence-corrected chi connectivity index (χ2v) is 8.13. The van der Waals surface area contributed by atoms with Gasteiger partial charge in [-0.05, 0) is 83.4 Å². The van der Waals surface area contributed by atoms with Crippen LogP contribution in [0.1, 0.15) is 49.8 Å². The Labute approximate surface area is 185 Å². The highest BCUT2D eigenvalue weighted by molar-refractivity contribution is 7.98. The lowest BCUT2D eigenvalue weighted by atomic mass is 10.00. The van der Waals surface area contributed by atoms with Crippen molar-refractivity contribution in [1.82, 2.24) is 0 Å². The summed E-state index contributed by atoms with van der Waals surface area (Å²) < 4.78 is 19.9. The van der Waals surface area contributed by atoms with Gasteiger partial charge in [0.1, 0.15) is 0 Å². The lowest BCUT2D eigenvalue weighted by molar-refractivity contribution is -0.480. The molecular formula is C24H24FNO4S. The van der Waals surface area contributed by atoms with E-state index in [4.69, 9.17) is 4.74 Å². The SMILES string of the molecule is CCC1=C(C)/C(=C/c2ccc(SC)cc2)c2cc(OC(=O)CCC[N+](=O)[O-])c(F)cc21. The highest BCUT2D eigenvalue weighted by atomic mass is 32.2. The number of ether oxygens (including phenoxy) is 1. The Balaban J connectivity index is 1.93. The zero-order valence-electron chi connectivity index (χ0n) is 17.7. The first kappa shape index (κ1) is 22.7. The van der Waals surface area contributed by atoms with Gasteiger partial charge in [0.15, 0.2) is 11.6 Å². The van der Waals surface area contributed by atoms with E-state index in [-0.39, 0.29) is 25.1 Å². The number of hydrogen-bond donors (Lipinski definition) is 0. The maximum absolute atomic E-state index is 14.7. The second kappa shape index (κ2) is 9.92. The summed E-state index contributed by atoms with van der Waals surface area (Å²) in [4.78, 5) is 23.1. The molecule has 3 rings (SSSR count). The van der Waals surface area contributed by atoms with Gasteiger partial charge in [-0.2, -0.15) is 0 Å². The maximum atomic E-state index is 14.7. The van der Waals surface area contributed by atoms with E-state index in [1.165, 1.54) is 11.0 Å². The number of halogens is 1. The van der Waals surface area contributed by atoms with Gasteiger partial charge >= 0.3 is 5.97 Å². The molecule has 2 aromatic carbocycles. The van der Waals surface area contributed by atoms with Crippen molar-refractivity contribution in [2.45, 2.75) is 38.0 Å². The minimum Gasteiger partial charge on any atom is -0.423 e. The van der Waals surface area contributed by atoms with Crippen LogP contribution in [0.25, 0.3) is 17.2 Å². The third-order valence-electron chi connectivity index (χ3n) is 5.27. The van der Waals surface area contributed by atoms with Crippen molar-refractivity contribution in [3.05, 3.63) is 74.6 Å². The molecular weight excluding hydrogens is 417 g/mol. The normalized spacial score (nSPS) is 14.1. The summed E-state index contributed by atoms with van der Waals surface area (Å²) in [6.45, 7) is 3.72. The van der Waals surface area contributed by atoms with Crippen LogP contribution in [0.5, 0.6) is 5.75 Å². The summed E-state index contributed by atoms with van der Waals surface area (Å²) in [5.41, 5.74) is 5.74. The van der Waals surface area contributed by atoms with E-state index in [2.05, 4.69) is 18.2 Å². The van der Waals surface area contributed by atoms with Crippen molar-refractivity contribution < 1.29 is 18.8 Å². The maximum Gasteiger partial charge on any atom is 0.311 e. The fourth-order valence-corrected chi connectivity index (χ4v) is 4.11. The van der Waals surface area contributed by atoms with Crippen LogP contribution in [0, 0.1) is 15.9 Å². The van der Waals surface area contributed by atoms with Crippen molar-refractivity contribution in [3.63, 3.8) is 0 Å². The Bertz CT molecular complexity index is 1070. The molecule has 0 aliphatic heterocycles. The number of esters is 1. The van der Waals surface area contributed by atoms with Gasteiger partial charge in [0, 0.05) is 16.2 Å². The van der Waals surface area contributed by atoms with Crippen molar-refractivity contribution >= 4 is 35.0 Å². The Morgan fingerprint density at radius 1 is 1.23 bits per heavy atom. The lowest BCUT2D eigenvalue weighted by Crippen LogP contribution is -2.11. The second-order valence-electron chi connectivity index (χ2n) is 7.25. The quantitative estimate of drug-likeness (QED) is 0.159. The van der Waals surface area contributed by atoms with Gasteiger partial charge in [-0.3, -0.25) is 14.9 Å². The summed E-state index contributed by atoms with van der Waals surface area (Å²) in [5.74, 6) is -1.46. The highest BCUT2D eigenvalue weighted by Gasteiger charge is 2.26. The van der Waals surface area contributed by atoms with Crippen LogP contribution in [0.2, 0.25) is 0 Å². The molecule has 0 amide bonds. The molecule has 0 atom stereocenters. The molecule has 0 saturated heterocycles. The zero-order chi connectivity index (χ0) is 22.5. The molecule has 7 heteroatoms. The molecule has 162 valence electrons. The standard InChI is InChI=1S/C24H24FNO4S/c1-4-18-15(2)19(12-16-7-9-17(31-3)10-8-16)21-14-23(22(25)13-20(18)21)30-24(27)6-5-11-26(28)29/h7-10,12-14H,4-6,11H2,1-3H3/b19-12-. The van der Waals surface area contributed by atoms with Crippen molar-refractivity contribution in [3.8, 4) is 5.75 Å². The van der Waals surface area contributed by atoms with Crippen LogP contribution in [0.4, 0.5) is 4.39 Å². The Kier molecular flexibility index (Phi) is 7.28. The first-order chi connectivity index (χ1) is 14.8. The van der Waals surface area contributed by atoms with Gasteiger partial charge in [0.25, 0.3) is 0 Å². The van der Waals surface area contributed by atoms with Crippen molar-refractivity contribution in [2.75, 3.05) is 12.8 Å². The molecule has 0 N–H and O–H groups in total.